The molecule has 1 heterocycles. The molecule has 1 atom stereocenters. The zero-order chi connectivity index (χ0) is 20.3. The number of hydrogen-bond acceptors (Lipinski definition) is 5. The van der Waals surface area contributed by atoms with Crippen LogP contribution in [0.1, 0.15) is 32.3 Å². The predicted octanol–water partition coefficient (Wildman–Crippen LogP) is 4.19. The van der Waals surface area contributed by atoms with Crippen LogP contribution in [0.5, 0.6) is 0 Å². The molecule has 0 radical (unpaired) electrons. The van der Waals surface area contributed by atoms with Crippen molar-refractivity contribution in [2.75, 3.05) is 20.4 Å². The number of allylic oxidation sites excluding steroid dienone is 2. The van der Waals surface area contributed by atoms with Crippen LogP contribution in [-0.2, 0) is 19.1 Å². The smallest absolute Gasteiger partial charge is 0.336 e. The number of halogens is 2. The highest BCUT2D eigenvalue weighted by atomic mass is 35.5. The molecule has 0 aromatic heterocycles. The molecular weight excluding hydrogens is 393 g/mol. The minimum absolute atomic E-state index is 0.0184. The molecule has 27 heavy (non-hydrogen) atoms. The summed E-state index contributed by atoms with van der Waals surface area (Å²) in [5.41, 5.74) is 1.63. The van der Waals surface area contributed by atoms with Gasteiger partial charge < -0.3 is 19.5 Å². The molecular formula is C19H21Cl2NO5. The lowest BCUT2D eigenvalue weighted by Crippen LogP contribution is -2.36. The molecule has 6 nitrogen and oxygen atoms in total. The van der Waals surface area contributed by atoms with Gasteiger partial charge in [-0.15, -0.1) is 0 Å². The van der Waals surface area contributed by atoms with E-state index in [1.807, 2.05) is 6.92 Å². The summed E-state index contributed by atoms with van der Waals surface area (Å²) in [4.78, 5) is 26.4. The number of benzene rings is 1. The van der Waals surface area contributed by atoms with E-state index < -0.39 is 17.9 Å². The zero-order valence-electron chi connectivity index (χ0n) is 15.5. The maximum absolute atomic E-state index is 12.6. The first-order valence-electron chi connectivity index (χ1n) is 8.28. The Labute approximate surface area is 168 Å². The highest BCUT2D eigenvalue weighted by Crippen LogP contribution is 2.45. The van der Waals surface area contributed by atoms with E-state index >= 15 is 0 Å². The third-order valence-corrected chi connectivity index (χ3v) is 5.35. The Hall–Kier alpha value is -2.02. The zero-order valence-corrected chi connectivity index (χ0v) is 17.0. The topological polar surface area (TPSA) is 76.1 Å². The highest BCUT2D eigenvalue weighted by molar-refractivity contribution is 6.42. The molecule has 0 bridgehead atoms. The molecule has 0 amide bonds. The van der Waals surface area contributed by atoms with Crippen molar-refractivity contribution in [3.05, 3.63) is 56.3 Å². The van der Waals surface area contributed by atoms with E-state index in [-0.39, 0.29) is 27.9 Å². The first kappa shape index (κ1) is 21.3. The van der Waals surface area contributed by atoms with Crippen LogP contribution >= 0.6 is 23.2 Å². The largest absolute Gasteiger partial charge is 0.478 e. The number of aliphatic carboxylic acids is 1. The highest BCUT2D eigenvalue weighted by Gasteiger charge is 2.40. The van der Waals surface area contributed by atoms with E-state index in [0.29, 0.717) is 23.6 Å². The first-order chi connectivity index (χ1) is 12.8. The Morgan fingerprint density at radius 3 is 2.37 bits per heavy atom. The molecule has 8 heteroatoms. The Bertz CT molecular complexity index is 831. The Morgan fingerprint density at radius 1 is 1.19 bits per heavy atom. The number of rotatable bonds is 6. The molecule has 1 aliphatic heterocycles. The molecule has 1 N–H and O–H groups in total. The molecule has 1 aromatic rings. The average Bonchev–Trinajstić information content (AvgIpc) is 2.62. The fourth-order valence-electron chi connectivity index (χ4n) is 3.19. The van der Waals surface area contributed by atoms with Crippen LogP contribution in [0.15, 0.2) is 40.7 Å². The van der Waals surface area contributed by atoms with Crippen LogP contribution in [0.2, 0.25) is 10.0 Å². The van der Waals surface area contributed by atoms with E-state index in [1.165, 1.54) is 7.11 Å². The van der Waals surface area contributed by atoms with Gasteiger partial charge in [-0.1, -0.05) is 35.3 Å². The van der Waals surface area contributed by atoms with Crippen molar-refractivity contribution in [1.29, 1.82) is 0 Å². The minimum Gasteiger partial charge on any atom is -0.478 e. The molecule has 0 saturated heterocycles. The molecule has 1 aromatic carbocycles. The molecule has 1 unspecified atom stereocenters. The summed E-state index contributed by atoms with van der Waals surface area (Å²) in [6.07, 6.45) is 0. The van der Waals surface area contributed by atoms with Gasteiger partial charge in [0.25, 0.3) is 0 Å². The summed E-state index contributed by atoms with van der Waals surface area (Å²) in [6, 6.07) is 4.92. The molecule has 0 spiro atoms. The number of nitrogens with zero attached hydrogens (tertiary/aromatic N) is 1. The van der Waals surface area contributed by atoms with E-state index in [4.69, 9.17) is 32.7 Å². The number of ether oxygens (including phenoxy) is 2. The van der Waals surface area contributed by atoms with Gasteiger partial charge in [-0.2, -0.15) is 0 Å². The monoisotopic (exact) mass is 413 g/mol. The van der Waals surface area contributed by atoms with Crippen LogP contribution in [0.3, 0.4) is 0 Å². The van der Waals surface area contributed by atoms with Crippen molar-refractivity contribution >= 4 is 35.1 Å². The molecule has 0 aliphatic carbocycles. The second-order valence-corrected chi connectivity index (χ2v) is 6.71. The normalized spacial score (nSPS) is 17.4. The van der Waals surface area contributed by atoms with E-state index in [0.717, 1.165) is 0 Å². The van der Waals surface area contributed by atoms with Gasteiger partial charge in [-0.3, -0.25) is 0 Å². The van der Waals surface area contributed by atoms with Gasteiger partial charge in [-0.25, -0.2) is 9.59 Å². The lowest BCUT2D eigenvalue weighted by molar-refractivity contribution is -0.136. The Kier molecular flexibility index (Phi) is 6.92. The van der Waals surface area contributed by atoms with Gasteiger partial charge in [0, 0.05) is 18.0 Å². The van der Waals surface area contributed by atoms with Gasteiger partial charge in [-0.05, 0) is 32.4 Å². The number of carboxylic acids is 1. The lowest BCUT2D eigenvalue weighted by Gasteiger charge is -2.37. The summed E-state index contributed by atoms with van der Waals surface area (Å²) < 4.78 is 10.4. The van der Waals surface area contributed by atoms with Gasteiger partial charge in [0.2, 0.25) is 0 Å². The van der Waals surface area contributed by atoms with Crippen LogP contribution in [0.25, 0.3) is 0 Å². The Morgan fingerprint density at radius 2 is 1.81 bits per heavy atom. The van der Waals surface area contributed by atoms with E-state index in [1.54, 1.807) is 36.9 Å². The average molecular weight is 414 g/mol. The summed E-state index contributed by atoms with van der Waals surface area (Å²) in [5, 5.41) is 10.4. The van der Waals surface area contributed by atoms with Crippen LogP contribution in [0, 0.1) is 0 Å². The molecule has 0 fully saturated rings. The SMILES string of the molecule is CCOCN1C(C)=C(C(=O)O)C(c2cccc(Cl)c2Cl)C(C(=O)OC)=C1C. The van der Waals surface area contributed by atoms with Crippen molar-refractivity contribution < 1.29 is 24.2 Å². The summed E-state index contributed by atoms with van der Waals surface area (Å²) in [7, 11) is 1.25. The van der Waals surface area contributed by atoms with Crippen LogP contribution in [0.4, 0.5) is 0 Å². The standard InChI is InChI=1S/C19H21Cl2NO5/c1-5-27-9-22-10(2)14(18(23)24)16(15(11(22)3)19(25)26-4)12-7-6-8-13(20)17(12)21/h6-8,16H,5,9H2,1-4H3,(H,23,24). The van der Waals surface area contributed by atoms with Gasteiger partial charge in [0.15, 0.2) is 0 Å². The third-order valence-electron chi connectivity index (χ3n) is 4.52. The molecule has 0 saturated carbocycles. The Balaban J connectivity index is 2.80. The van der Waals surface area contributed by atoms with Crippen molar-refractivity contribution in [1.82, 2.24) is 4.90 Å². The van der Waals surface area contributed by atoms with E-state index in [9.17, 15) is 14.7 Å². The molecule has 2 rings (SSSR count). The van der Waals surface area contributed by atoms with Crippen LogP contribution < -0.4 is 0 Å². The quantitative estimate of drug-likeness (QED) is 0.704. The fourth-order valence-corrected chi connectivity index (χ4v) is 3.61. The molecule has 1 aliphatic rings. The van der Waals surface area contributed by atoms with Crippen molar-refractivity contribution in [3.63, 3.8) is 0 Å². The van der Waals surface area contributed by atoms with E-state index in [2.05, 4.69) is 0 Å². The first-order valence-corrected chi connectivity index (χ1v) is 9.04. The summed E-state index contributed by atoms with van der Waals surface area (Å²) in [6.45, 7) is 5.78. The van der Waals surface area contributed by atoms with Gasteiger partial charge in [0.1, 0.15) is 6.73 Å². The maximum atomic E-state index is 12.6. The number of methoxy groups -OCH3 is 1. The number of carbonyl (C=O) groups excluding carboxylic acids is 1. The minimum atomic E-state index is -1.16. The fraction of sp³-hybridized carbons (Fsp3) is 0.368. The predicted molar refractivity (Wildman–Crippen MR) is 103 cm³/mol. The lowest BCUT2D eigenvalue weighted by atomic mass is 9.80. The number of esters is 1. The second kappa shape index (κ2) is 8.78. The van der Waals surface area contributed by atoms with Crippen molar-refractivity contribution in [2.45, 2.75) is 26.7 Å². The summed E-state index contributed by atoms with van der Waals surface area (Å²) >= 11 is 12.5. The van der Waals surface area contributed by atoms with Crippen molar-refractivity contribution in [2.24, 2.45) is 0 Å². The number of hydrogen-bond donors (Lipinski definition) is 1. The van der Waals surface area contributed by atoms with Crippen molar-refractivity contribution in [3.8, 4) is 0 Å². The second-order valence-electron chi connectivity index (χ2n) is 5.92. The molecule has 146 valence electrons. The third kappa shape index (κ3) is 3.98. The van der Waals surface area contributed by atoms with Gasteiger partial charge in [0.05, 0.1) is 34.2 Å². The number of carbonyl (C=O) groups is 2. The maximum Gasteiger partial charge on any atom is 0.336 e. The van der Waals surface area contributed by atoms with Gasteiger partial charge >= 0.3 is 11.9 Å². The summed E-state index contributed by atoms with van der Waals surface area (Å²) in [5.74, 6) is -2.72. The number of carboxylic acid groups (broad SMARTS) is 1. The van der Waals surface area contributed by atoms with Crippen LogP contribution in [-0.4, -0.2) is 42.4 Å².